The van der Waals surface area contributed by atoms with Crippen LogP contribution in [0.25, 0.3) is 0 Å². The zero-order chi connectivity index (χ0) is 19.4. The number of rotatable bonds is 6. The molecule has 1 fully saturated rings. The Labute approximate surface area is 159 Å². The van der Waals surface area contributed by atoms with Crippen LogP contribution in [0.1, 0.15) is 25.0 Å². The van der Waals surface area contributed by atoms with Crippen LogP contribution in [0.3, 0.4) is 0 Å². The molecule has 0 atom stereocenters. The van der Waals surface area contributed by atoms with Crippen molar-refractivity contribution in [3.63, 3.8) is 0 Å². The first-order valence-corrected chi connectivity index (χ1v) is 8.96. The molecular formula is C20H26N4O3. The molecule has 0 saturated carbocycles. The van der Waals surface area contributed by atoms with E-state index in [2.05, 4.69) is 9.88 Å². The van der Waals surface area contributed by atoms with E-state index in [1.54, 1.807) is 44.3 Å². The molecule has 7 heteroatoms. The summed E-state index contributed by atoms with van der Waals surface area (Å²) in [5, 5.41) is 18.4. The van der Waals surface area contributed by atoms with E-state index < -0.39 is 5.60 Å². The number of nitrogens with two attached hydrogens (primary N) is 1. The van der Waals surface area contributed by atoms with Crippen molar-refractivity contribution < 1.29 is 14.6 Å². The number of hydrogen-bond acceptors (Lipinski definition) is 7. The van der Waals surface area contributed by atoms with Crippen LogP contribution in [0.15, 0.2) is 36.5 Å². The Morgan fingerprint density at radius 2 is 2.04 bits per heavy atom. The first-order chi connectivity index (χ1) is 12.8. The lowest BCUT2D eigenvalue weighted by Crippen LogP contribution is -2.36. The number of aliphatic hydroxyl groups is 1. The van der Waals surface area contributed by atoms with Crippen molar-refractivity contribution in [1.29, 1.82) is 5.41 Å². The smallest absolute Gasteiger partial charge is 0.129 e. The summed E-state index contributed by atoms with van der Waals surface area (Å²) in [5.74, 6) is 1.39. The van der Waals surface area contributed by atoms with Crippen molar-refractivity contribution in [1.82, 2.24) is 4.98 Å². The average molecular weight is 370 g/mol. The Bertz CT molecular complexity index is 811. The zero-order valence-electron chi connectivity index (χ0n) is 15.7. The maximum absolute atomic E-state index is 9.83. The summed E-state index contributed by atoms with van der Waals surface area (Å²) in [6.45, 7) is 6.43. The van der Waals surface area contributed by atoms with Gasteiger partial charge in [-0.1, -0.05) is 0 Å². The van der Waals surface area contributed by atoms with Gasteiger partial charge in [0, 0.05) is 36.1 Å². The molecule has 1 aliphatic heterocycles. The van der Waals surface area contributed by atoms with Gasteiger partial charge in [0.1, 0.15) is 18.2 Å². The number of aromatic nitrogens is 1. The minimum Gasteiger partial charge on any atom is -0.491 e. The largest absolute Gasteiger partial charge is 0.491 e. The third-order valence-corrected chi connectivity index (χ3v) is 4.26. The lowest BCUT2D eigenvalue weighted by Gasteiger charge is -2.28. The van der Waals surface area contributed by atoms with Crippen LogP contribution in [0, 0.1) is 5.41 Å². The maximum Gasteiger partial charge on any atom is 0.129 e. The monoisotopic (exact) mass is 370 g/mol. The maximum atomic E-state index is 9.83. The second kappa shape index (κ2) is 7.94. The average Bonchev–Trinajstić information content (AvgIpc) is 2.67. The number of nitrogens with zero attached hydrogens (tertiary/aromatic N) is 2. The number of benzene rings is 1. The Morgan fingerprint density at radius 1 is 1.30 bits per heavy atom. The van der Waals surface area contributed by atoms with Gasteiger partial charge in [-0.3, -0.25) is 5.41 Å². The second-order valence-electron chi connectivity index (χ2n) is 7.23. The fourth-order valence-corrected chi connectivity index (χ4v) is 2.80. The summed E-state index contributed by atoms with van der Waals surface area (Å²) < 4.78 is 11.0. The number of nitrogens with one attached hydrogen (secondary N) is 1. The highest BCUT2D eigenvalue weighted by Gasteiger charge is 2.17. The lowest BCUT2D eigenvalue weighted by atomic mass is 10.0. The minimum atomic E-state index is -0.937. The van der Waals surface area contributed by atoms with E-state index in [9.17, 15) is 5.11 Å². The molecule has 144 valence electrons. The molecule has 0 unspecified atom stereocenters. The van der Waals surface area contributed by atoms with E-state index in [0.717, 1.165) is 24.5 Å². The Kier molecular flexibility index (Phi) is 5.62. The van der Waals surface area contributed by atoms with Gasteiger partial charge in [-0.15, -0.1) is 0 Å². The van der Waals surface area contributed by atoms with Crippen LogP contribution in [0.4, 0.5) is 11.5 Å². The molecule has 1 aliphatic rings. The van der Waals surface area contributed by atoms with Crippen molar-refractivity contribution in [3.05, 3.63) is 47.7 Å². The van der Waals surface area contributed by atoms with Crippen molar-refractivity contribution in [2.75, 3.05) is 43.5 Å². The van der Waals surface area contributed by atoms with Crippen molar-refractivity contribution in [2.45, 2.75) is 19.4 Å². The van der Waals surface area contributed by atoms with Crippen LogP contribution in [0.5, 0.6) is 5.75 Å². The van der Waals surface area contributed by atoms with Crippen LogP contribution in [0.2, 0.25) is 0 Å². The molecule has 4 N–H and O–H groups in total. The highest BCUT2D eigenvalue weighted by molar-refractivity contribution is 6.14. The third kappa shape index (κ3) is 4.96. The first-order valence-electron chi connectivity index (χ1n) is 8.96. The molecule has 0 aliphatic carbocycles. The molecule has 0 amide bonds. The molecule has 27 heavy (non-hydrogen) atoms. The molecule has 2 aromatic rings. The lowest BCUT2D eigenvalue weighted by molar-refractivity contribution is 0.0285. The Morgan fingerprint density at radius 3 is 2.74 bits per heavy atom. The van der Waals surface area contributed by atoms with Crippen LogP contribution in [-0.2, 0) is 4.74 Å². The van der Waals surface area contributed by atoms with Gasteiger partial charge in [0.15, 0.2) is 0 Å². The normalized spacial score (nSPS) is 14.9. The number of morpholine rings is 1. The Hall–Kier alpha value is -2.64. The van der Waals surface area contributed by atoms with Crippen molar-refractivity contribution in [2.24, 2.45) is 0 Å². The van der Waals surface area contributed by atoms with Gasteiger partial charge in [-0.25, -0.2) is 4.98 Å². The minimum absolute atomic E-state index is 0.153. The molecule has 1 aromatic heterocycles. The molecule has 1 saturated heterocycles. The summed E-state index contributed by atoms with van der Waals surface area (Å²) in [6, 6.07) is 8.89. The van der Waals surface area contributed by atoms with E-state index >= 15 is 0 Å². The molecular weight excluding hydrogens is 344 g/mol. The number of anilines is 2. The van der Waals surface area contributed by atoms with E-state index in [4.69, 9.17) is 20.6 Å². The van der Waals surface area contributed by atoms with Crippen LogP contribution >= 0.6 is 0 Å². The summed E-state index contributed by atoms with van der Waals surface area (Å²) in [5.41, 5.74) is 7.29. The fourth-order valence-electron chi connectivity index (χ4n) is 2.80. The summed E-state index contributed by atoms with van der Waals surface area (Å²) in [7, 11) is 0. The highest BCUT2D eigenvalue weighted by Crippen LogP contribution is 2.24. The van der Waals surface area contributed by atoms with E-state index in [1.165, 1.54) is 0 Å². The zero-order valence-corrected chi connectivity index (χ0v) is 15.7. The number of ether oxygens (including phenoxy) is 2. The van der Waals surface area contributed by atoms with E-state index in [1.807, 2.05) is 6.07 Å². The van der Waals surface area contributed by atoms with Gasteiger partial charge in [0.25, 0.3) is 0 Å². The van der Waals surface area contributed by atoms with Gasteiger partial charge in [-0.05, 0) is 44.2 Å². The van der Waals surface area contributed by atoms with Crippen LogP contribution < -0.4 is 15.4 Å². The van der Waals surface area contributed by atoms with Crippen molar-refractivity contribution in [3.8, 4) is 5.75 Å². The molecule has 0 bridgehead atoms. The third-order valence-electron chi connectivity index (χ3n) is 4.26. The predicted molar refractivity (Wildman–Crippen MR) is 106 cm³/mol. The fraction of sp³-hybridized carbons (Fsp3) is 0.400. The molecule has 3 rings (SSSR count). The summed E-state index contributed by atoms with van der Waals surface area (Å²) in [6.07, 6.45) is 1.71. The van der Waals surface area contributed by atoms with E-state index in [0.29, 0.717) is 35.9 Å². The number of pyridine rings is 1. The summed E-state index contributed by atoms with van der Waals surface area (Å²) >= 11 is 0. The van der Waals surface area contributed by atoms with E-state index in [-0.39, 0.29) is 6.61 Å². The van der Waals surface area contributed by atoms with Crippen LogP contribution in [-0.4, -0.2) is 54.3 Å². The summed E-state index contributed by atoms with van der Waals surface area (Å²) in [4.78, 5) is 6.57. The van der Waals surface area contributed by atoms with Gasteiger partial charge < -0.3 is 25.2 Å². The SMILES string of the molecule is CC(C)(O)COc1ccc(N)c(C(=N)c2ccnc(N3CCOCC3)c2)c1. The van der Waals surface area contributed by atoms with Gasteiger partial charge in [-0.2, -0.15) is 0 Å². The quantitative estimate of drug-likeness (QED) is 0.531. The van der Waals surface area contributed by atoms with Gasteiger partial charge in [0.2, 0.25) is 0 Å². The molecule has 1 aromatic carbocycles. The standard InChI is InChI=1S/C20H26N4O3/c1-20(2,25)13-27-15-3-4-17(21)16(12-15)19(22)14-5-6-23-18(11-14)24-7-9-26-10-8-24/h3-6,11-12,22,25H,7-10,13,21H2,1-2H3. The topological polar surface area (TPSA) is 105 Å². The van der Waals surface area contributed by atoms with Gasteiger partial charge in [0.05, 0.1) is 24.5 Å². The second-order valence-corrected chi connectivity index (χ2v) is 7.23. The molecule has 2 heterocycles. The number of hydrogen-bond donors (Lipinski definition) is 3. The predicted octanol–water partition coefficient (Wildman–Crippen LogP) is 2.07. The molecule has 0 radical (unpaired) electrons. The Balaban J connectivity index is 1.82. The highest BCUT2D eigenvalue weighted by atomic mass is 16.5. The molecule has 0 spiro atoms. The molecule has 7 nitrogen and oxygen atoms in total. The van der Waals surface area contributed by atoms with Gasteiger partial charge >= 0.3 is 0 Å². The van der Waals surface area contributed by atoms with Crippen molar-refractivity contribution >= 4 is 17.2 Å². The first kappa shape index (κ1) is 19.1. The number of nitrogen functional groups attached to an aromatic ring is 1.